The zero-order valence-corrected chi connectivity index (χ0v) is 16.6. The molecule has 0 unspecified atom stereocenters. The molecule has 1 heterocycles. The Labute approximate surface area is 147 Å². The maximum atomic E-state index is 12.0. The molecule has 134 valence electrons. The Morgan fingerprint density at radius 1 is 1.21 bits per heavy atom. The molecule has 1 N–H and O–H groups in total. The fourth-order valence-electron chi connectivity index (χ4n) is 2.90. The normalized spacial score (nSPS) is 18.2. The summed E-state index contributed by atoms with van der Waals surface area (Å²) >= 11 is 0. The van der Waals surface area contributed by atoms with Gasteiger partial charge in [0.1, 0.15) is 0 Å². The topological polar surface area (TPSA) is 41.6 Å². The van der Waals surface area contributed by atoms with Gasteiger partial charge in [-0.25, -0.2) is 4.79 Å². The van der Waals surface area contributed by atoms with Crippen LogP contribution in [-0.4, -0.2) is 44.3 Å². The highest BCUT2D eigenvalue weighted by molar-refractivity contribution is 6.76. The van der Waals surface area contributed by atoms with Gasteiger partial charge in [0.05, 0.1) is 6.61 Å². The Morgan fingerprint density at radius 2 is 1.83 bits per heavy atom. The highest BCUT2D eigenvalue weighted by Gasteiger charge is 2.32. The minimum absolute atomic E-state index is 0.149. The molecule has 0 bridgehead atoms. The van der Waals surface area contributed by atoms with Crippen molar-refractivity contribution in [3.8, 4) is 0 Å². The summed E-state index contributed by atoms with van der Waals surface area (Å²) in [5.41, 5.74) is 1.20. The molecule has 1 aliphatic heterocycles. The third-order valence-corrected chi connectivity index (χ3v) is 6.40. The third-order valence-electron chi connectivity index (χ3n) is 4.70. The Bertz CT molecular complexity index is 520. The molecule has 24 heavy (non-hydrogen) atoms. The second-order valence-electron chi connectivity index (χ2n) is 8.39. The summed E-state index contributed by atoms with van der Waals surface area (Å²) in [6, 6.07) is 11.6. The van der Waals surface area contributed by atoms with Crippen LogP contribution in [0.2, 0.25) is 25.7 Å². The van der Waals surface area contributed by atoms with Gasteiger partial charge in [-0.2, -0.15) is 0 Å². The van der Waals surface area contributed by atoms with Gasteiger partial charge in [0.15, 0.2) is 0 Å². The number of benzene rings is 1. The first-order valence-corrected chi connectivity index (χ1v) is 12.7. The van der Waals surface area contributed by atoms with Crippen molar-refractivity contribution in [3.05, 3.63) is 35.9 Å². The van der Waals surface area contributed by atoms with E-state index in [2.05, 4.69) is 67.1 Å². The van der Waals surface area contributed by atoms with Crippen LogP contribution < -0.4 is 5.32 Å². The van der Waals surface area contributed by atoms with Gasteiger partial charge in [-0.05, 0) is 31.4 Å². The van der Waals surface area contributed by atoms with E-state index < -0.39 is 8.07 Å². The predicted molar refractivity (Wildman–Crippen MR) is 102 cm³/mol. The molecule has 1 aromatic carbocycles. The molecule has 1 amide bonds. The van der Waals surface area contributed by atoms with Crippen LogP contribution in [0.15, 0.2) is 30.3 Å². The smallest absolute Gasteiger partial charge is 0.407 e. The van der Waals surface area contributed by atoms with Crippen molar-refractivity contribution < 1.29 is 9.53 Å². The highest BCUT2D eigenvalue weighted by atomic mass is 28.3. The Kier molecular flexibility index (Phi) is 6.46. The molecule has 1 fully saturated rings. The fourth-order valence-corrected chi connectivity index (χ4v) is 3.62. The summed E-state index contributed by atoms with van der Waals surface area (Å²) < 4.78 is 5.38. The molecule has 0 radical (unpaired) electrons. The zero-order valence-electron chi connectivity index (χ0n) is 15.6. The molecule has 0 atom stereocenters. The van der Waals surface area contributed by atoms with Crippen LogP contribution in [0.25, 0.3) is 0 Å². The number of likely N-dealkylation sites (tertiary alicyclic amines) is 1. The Balaban J connectivity index is 1.72. The lowest BCUT2D eigenvalue weighted by Gasteiger charge is -2.39. The van der Waals surface area contributed by atoms with Crippen LogP contribution in [0.3, 0.4) is 0 Å². The van der Waals surface area contributed by atoms with E-state index in [1.165, 1.54) is 5.56 Å². The standard InChI is InChI=1S/C19H32N2O2Si/c1-19(20-18(22)23-14-15-24(2,3)4)10-12-21(13-11-19)16-17-8-6-5-7-9-17/h5-9H,10-16H2,1-4H3,(H,20,22). The lowest BCUT2D eigenvalue weighted by molar-refractivity contribution is 0.110. The number of ether oxygens (including phenoxy) is 1. The van der Waals surface area contributed by atoms with E-state index in [-0.39, 0.29) is 11.6 Å². The van der Waals surface area contributed by atoms with Crippen molar-refractivity contribution >= 4 is 14.2 Å². The Morgan fingerprint density at radius 3 is 2.42 bits per heavy atom. The van der Waals surface area contributed by atoms with Crippen molar-refractivity contribution in [3.63, 3.8) is 0 Å². The van der Waals surface area contributed by atoms with Gasteiger partial charge in [0.25, 0.3) is 0 Å². The van der Waals surface area contributed by atoms with Crippen LogP contribution in [0.4, 0.5) is 4.79 Å². The van der Waals surface area contributed by atoms with E-state index >= 15 is 0 Å². The van der Waals surface area contributed by atoms with E-state index in [1.54, 1.807) is 0 Å². The molecule has 2 rings (SSSR count). The lowest BCUT2D eigenvalue weighted by Crippen LogP contribution is -2.53. The predicted octanol–water partition coefficient (Wildman–Crippen LogP) is 4.11. The van der Waals surface area contributed by atoms with Crippen molar-refractivity contribution in [2.75, 3.05) is 19.7 Å². The number of hydrogen-bond acceptors (Lipinski definition) is 3. The van der Waals surface area contributed by atoms with Crippen molar-refractivity contribution in [2.45, 2.75) is 57.5 Å². The average molecular weight is 349 g/mol. The van der Waals surface area contributed by atoms with Crippen LogP contribution in [0, 0.1) is 0 Å². The maximum absolute atomic E-state index is 12.0. The van der Waals surface area contributed by atoms with Crippen molar-refractivity contribution in [2.24, 2.45) is 0 Å². The molecule has 0 aromatic heterocycles. The van der Waals surface area contributed by atoms with Crippen LogP contribution in [0.1, 0.15) is 25.3 Å². The number of hydrogen-bond donors (Lipinski definition) is 1. The van der Waals surface area contributed by atoms with Crippen LogP contribution >= 0.6 is 0 Å². The molecule has 4 nitrogen and oxygen atoms in total. The van der Waals surface area contributed by atoms with Crippen molar-refractivity contribution in [1.82, 2.24) is 10.2 Å². The average Bonchev–Trinajstić information content (AvgIpc) is 2.49. The summed E-state index contributed by atoms with van der Waals surface area (Å²) in [5, 5.41) is 3.09. The van der Waals surface area contributed by atoms with E-state index in [1.807, 2.05) is 0 Å². The first kappa shape index (κ1) is 19.0. The summed E-state index contributed by atoms with van der Waals surface area (Å²) in [4.78, 5) is 14.5. The third kappa shape index (κ3) is 6.65. The maximum Gasteiger partial charge on any atom is 0.407 e. The number of nitrogens with zero attached hydrogens (tertiary/aromatic N) is 1. The van der Waals surface area contributed by atoms with Gasteiger partial charge in [-0.1, -0.05) is 50.0 Å². The molecular formula is C19H32N2O2Si. The minimum atomic E-state index is -1.15. The first-order valence-electron chi connectivity index (χ1n) is 8.97. The highest BCUT2D eigenvalue weighted by Crippen LogP contribution is 2.23. The molecule has 5 heteroatoms. The Hall–Kier alpha value is -1.33. The van der Waals surface area contributed by atoms with Gasteiger partial charge in [0.2, 0.25) is 0 Å². The number of amides is 1. The number of nitrogens with one attached hydrogen (secondary N) is 1. The largest absolute Gasteiger partial charge is 0.450 e. The first-order chi connectivity index (χ1) is 11.3. The van der Waals surface area contributed by atoms with Crippen molar-refractivity contribution in [1.29, 1.82) is 0 Å². The molecule has 0 aliphatic carbocycles. The van der Waals surface area contributed by atoms with E-state index in [9.17, 15) is 4.79 Å². The SMILES string of the molecule is CC1(NC(=O)OCC[Si](C)(C)C)CCN(Cc2ccccc2)CC1. The van der Waals surface area contributed by atoms with E-state index in [0.29, 0.717) is 6.61 Å². The second-order valence-corrected chi connectivity index (χ2v) is 14.0. The van der Waals surface area contributed by atoms with Gasteiger partial charge < -0.3 is 10.1 Å². The number of rotatable bonds is 6. The summed E-state index contributed by atoms with van der Waals surface area (Å²) in [5.74, 6) is 0. The second kappa shape index (κ2) is 8.16. The quantitative estimate of drug-likeness (QED) is 0.787. The number of carbonyl (C=O) groups is 1. The number of carbonyl (C=O) groups excluding carboxylic acids is 1. The molecule has 1 saturated heterocycles. The van der Waals surface area contributed by atoms with E-state index in [4.69, 9.17) is 4.74 Å². The van der Waals surface area contributed by atoms with Gasteiger partial charge in [-0.15, -0.1) is 0 Å². The molecule has 1 aromatic rings. The summed E-state index contributed by atoms with van der Waals surface area (Å²) in [7, 11) is -1.15. The van der Waals surface area contributed by atoms with Crippen LogP contribution in [0.5, 0.6) is 0 Å². The summed E-state index contributed by atoms with van der Waals surface area (Å²) in [6.07, 6.45) is 1.67. The summed E-state index contributed by atoms with van der Waals surface area (Å²) in [6.45, 7) is 12.5. The van der Waals surface area contributed by atoms with Gasteiger partial charge in [-0.3, -0.25) is 4.90 Å². The number of alkyl carbamates (subject to hydrolysis) is 1. The zero-order chi connectivity index (χ0) is 17.6. The van der Waals surface area contributed by atoms with Crippen LogP contribution in [-0.2, 0) is 11.3 Å². The monoisotopic (exact) mass is 348 g/mol. The molecule has 1 aliphatic rings. The number of piperidine rings is 1. The fraction of sp³-hybridized carbons (Fsp3) is 0.632. The minimum Gasteiger partial charge on any atom is -0.450 e. The molecule has 0 spiro atoms. The van der Waals surface area contributed by atoms with E-state index in [0.717, 1.165) is 38.5 Å². The van der Waals surface area contributed by atoms with Gasteiger partial charge in [0, 0.05) is 33.2 Å². The lowest BCUT2D eigenvalue weighted by atomic mass is 9.89. The van der Waals surface area contributed by atoms with Gasteiger partial charge >= 0.3 is 6.09 Å². The molecule has 0 saturated carbocycles. The molecular weight excluding hydrogens is 316 g/mol.